The molecule has 0 saturated carbocycles. The van der Waals surface area contributed by atoms with Gasteiger partial charge in [0.25, 0.3) is 0 Å². The molecule has 3 rings (SSSR count). The number of hydrogen-bond donors (Lipinski definition) is 2. The smallest absolute Gasteiger partial charge is 0.410 e. The molecule has 0 radical (unpaired) electrons. The Labute approximate surface area is 232 Å². The van der Waals surface area contributed by atoms with Crippen molar-refractivity contribution in [2.24, 2.45) is 17.3 Å². The molecule has 2 unspecified atom stereocenters. The third-order valence-corrected chi connectivity index (χ3v) is 8.29. The number of piperidine rings is 2. The lowest BCUT2D eigenvalue weighted by Gasteiger charge is -2.51. The van der Waals surface area contributed by atoms with Gasteiger partial charge in [0.2, 0.25) is 11.8 Å². The lowest BCUT2D eigenvalue weighted by molar-refractivity contribution is -0.157. The van der Waals surface area contributed by atoms with Crippen molar-refractivity contribution in [1.82, 2.24) is 15.1 Å². The molecule has 9 heteroatoms. The molecule has 0 aliphatic carbocycles. The first-order valence-corrected chi connectivity index (χ1v) is 14.0. The molecule has 8 nitrogen and oxygen atoms in total. The van der Waals surface area contributed by atoms with Crippen molar-refractivity contribution in [3.05, 3.63) is 34.9 Å². The lowest BCUT2D eigenvalue weighted by Crippen LogP contribution is -2.58. The van der Waals surface area contributed by atoms with E-state index in [4.69, 9.17) is 16.3 Å². The summed E-state index contributed by atoms with van der Waals surface area (Å²) >= 11 is 6.04. The molecule has 2 N–H and O–H groups in total. The zero-order valence-electron chi connectivity index (χ0n) is 23.8. The Balaban J connectivity index is 1.58. The Morgan fingerprint density at radius 2 is 1.74 bits per heavy atom. The SMILES string of the molecule is CC(NC(=O)C1CCCN(C(=O)OC(C)(C)C)C1)[C@@H](C)C(=O)N1CC[C@](O)(c2ccc(Cl)cc2)C(C)(C)C1. The molecule has 2 aliphatic rings. The molecule has 212 valence electrons. The van der Waals surface area contributed by atoms with E-state index in [2.05, 4.69) is 5.32 Å². The van der Waals surface area contributed by atoms with Crippen LogP contribution in [0.15, 0.2) is 24.3 Å². The van der Waals surface area contributed by atoms with Crippen molar-refractivity contribution >= 4 is 29.5 Å². The second-order valence-electron chi connectivity index (χ2n) is 12.6. The number of amides is 3. The van der Waals surface area contributed by atoms with Gasteiger partial charge in [0.15, 0.2) is 0 Å². The molecule has 2 saturated heterocycles. The van der Waals surface area contributed by atoms with Crippen LogP contribution in [-0.4, -0.2) is 70.6 Å². The fourth-order valence-electron chi connectivity index (χ4n) is 5.42. The van der Waals surface area contributed by atoms with Crippen LogP contribution in [0.25, 0.3) is 0 Å². The van der Waals surface area contributed by atoms with E-state index in [1.54, 1.807) is 21.9 Å². The molecule has 0 bridgehead atoms. The number of likely N-dealkylation sites (tertiary alicyclic amines) is 2. The number of halogens is 1. The number of carbonyl (C=O) groups excluding carboxylic acids is 3. The predicted octanol–water partition coefficient (Wildman–Crippen LogP) is 4.57. The highest BCUT2D eigenvalue weighted by molar-refractivity contribution is 6.30. The summed E-state index contributed by atoms with van der Waals surface area (Å²) in [4.78, 5) is 42.4. The molecule has 0 spiro atoms. The van der Waals surface area contributed by atoms with Crippen molar-refractivity contribution in [1.29, 1.82) is 0 Å². The van der Waals surface area contributed by atoms with Crippen molar-refractivity contribution < 1.29 is 24.2 Å². The Bertz CT molecular complexity index is 1020. The standard InChI is InChI=1S/C29H44ClN3O5/c1-19(20(2)31-24(34)21-9-8-15-32(17-21)26(36)38-27(3,4)5)25(35)33-16-14-29(37,28(6,7)18-33)22-10-12-23(30)13-11-22/h10-13,19-21,37H,8-9,14-18H2,1-7H3,(H,31,34)/t19-,20?,21?,29+/m1/s1. The van der Waals surface area contributed by atoms with E-state index < -0.39 is 28.6 Å². The summed E-state index contributed by atoms with van der Waals surface area (Å²) in [5, 5.41) is 15.2. The Kier molecular flexibility index (Phi) is 9.09. The van der Waals surface area contributed by atoms with Crippen LogP contribution in [0.2, 0.25) is 5.02 Å². The molecule has 1 aromatic rings. The molecule has 1 aromatic carbocycles. The first-order chi connectivity index (χ1) is 17.5. The van der Waals surface area contributed by atoms with Gasteiger partial charge in [0.05, 0.1) is 17.4 Å². The van der Waals surface area contributed by atoms with Gasteiger partial charge >= 0.3 is 6.09 Å². The highest BCUT2D eigenvalue weighted by Crippen LogP contribution is 2.46. The number of hydrogen-bond acceptors (Lipinski definition) is 5. The number of nitrogens with zero attached hydrogens (tertiary/aromatic N) is 2. The van der Waals surface area contributed by atoms with Crippen molar-refractivity contribution in [3.8, 4) is 0 Å². The minimum Gasteiger partial charge on any atom is -0.444 e. The summed E-state index contributed by atoms with van der Waals surface area (Å²) in [5.74, 6) is -0.990. The zero-order chi connectivity index (χ0) is 28.5. The number of aliphatic hydroxyl groups is 1. The van der Waals surface area contributed by atoms with Gasteiger partial charge in [-0.15, -0.1) is 0 Å². The lowest BCUT2D eigenvalue weighted by atomic mass is 9.66. The fourth-order valence-corrected chi connectivity index (χ4v) is 5.55. The molecule has 0 aromatic heterocycles. The Morgan fingerprint density at radius 1 is 1.11 bits per heavy atom. The normalized spacial score (nSPS) is 25.3. The zero-order valence-corrected chi connectivity index (χ0v) is 24.6. The van der Waals surface area contributed by atoms with Crippen molar-refractivity contribution in [2.45, 2.75) is 85.0 Å². The number of carbonyl (C=O) groups is 3. The van der Waals surface area contributed by atoms with E-state index in [9.17, 15) is 19.5 Å². The van der Waals surface area contributed by atoms with E-state index in [0.717, 1.165) is 12.0 Å². The molecule has 2 heterocycles. The van der Waals surface area contributed by atoms with Crippen LogP contribution >= 0.6 is 11.6 Å². The highest BCUT2D eigenvalue weighted by atomic mass is 35.5. The van der Waals surface area contributed by atoms with Gasteiger partial charge in [-0.05, 0) is 64.7 Å². The molecular formula is C29H44ClN3O5. The molecule has 4 atom stereocenters. The summed E-state index contributed by atoms with van der Waals surface area (Å²) in [7, 11) is 0. The largest absolute Gasteiger partial charge is 0.444 e. The van der Waals surface area contributed by atoms with E-state index in [0.29, 0.717) is 44.0 Å². The van der Waals surface area contributed by atoms with Gasteiger partial charge in [-0.2, -0.15) is 0 Å². The van der Waals surface area contributed by atoms with Crippen LogP contribution in [0, 0.1) is 17.3 Å². The maximum Gasteiger partial charge on any atom is 0.410 e. The second kappa shape index (κ2) is 11.4. The summed E-state index contributed by atoms with van der Waals surface area (Å²) in [6.45, 7) is 14.7. The van der Waals surface area contributed by atoms with Gasteiger partial charge in [-0.3, -0.25) is 9.59 Å². The van der Waals surface area contributed by atoms with Crippen LogP contribution in [0.3, 0.4) is 0 Å². The van der Waals surface area contributed by atoms with Crippen LogP contribution < -0.4 is 5.32 Å². The number of nitrogens with one attached hydrogen (secondary N) is 1. The van der Waals surface area contributed by atoms with Gasteiger partial charge in [0, 0.05) is 42.7 Å². The number of rotatable bonds is 5. The van der Waals surface area contributed by atoms with Crippen LogP contribution in [0.1, 0.15) is 73.3 Å². The average molecular weight is 550 g/mol. The monoisotopic (exact) mass is 549 g/mol. The van der Waals surface area contributed by atoms with E-state index in [-0.39, 0.29) is 23.8 Å². The molecular weight excluding hydrogens is 506 g/mol. The molecule has 3 amide bonds. The average Bonchev–Trinajstić information content (AvgIpc) is 2.84. The third-order valence-electron chi connectivity index (χ3n) is 8.04. The molecule has 38 heavy (non-hydrogen) atoms. The topological polar surface area (TPSA) is 99.2 Å². The quantitative estimate of drug-likeness (QED) is 0.560. The number of ether oxygens (including phenoxy) is 1. The maximum atomic E-state index is 13.5. The van der Waals surface area contributed by atoms with E-state index in [1.165, 1.54) is 0 Å². The fraction of sp³-hybridized carbons (Fsp3) is 0.690. The predicted molar refractivity (Wildman–Crippen MR) is 148 cm³/mol. The van der Waals surface area contributed by atoms with Crippen LogP contribution in [-0.2, 0) is 19.9 Å². The maximum absolute atomic E-state index is 13.5. The van der Waals surface area contributed by atoms with Crippen LogP contribution in [0.5, 0.6) is 0 Å². The van der Waals surface area contributed by atoms with Crippen LogP contribution in [0.4, 0.5) is 4.79 Å². The summed E-state index contributed by atoms with van der Waals surface area (Å²) in [6.07, 6.45) is 1.41. The Hall–Kier alpha value is -2.32. The van der Waals surface area contributed by atoms with Gasteiger partial charge in [0.1, 0.15) is 5.60 Å². The number of benzene rings is 1. The van der Waals surface area contributed by atoms with E-state index >= 15 is 0 Å². The molecule has 2 fully saturated rings. The summed E-state index contributed by atoms with van der Waals surface area (Å²) < 4.78 is 5.47. The first-order valence-electron chi connectivity index (χ1n) is 13.6. The third kappa shape index (κ3) is 6.81. The molecule has 2 aliphatic heterocycles. The highest BCUT2D eigenvalue weighted by Gasteiger charge is 2.50. The minimum absolute atomic E-state index is 0.0527. The van der Waals surface area contributed by atoms with E-state index in [1.807, 2.05) is 60.6 Å². The van der Waals surface area contributed by atoms with Gasteiger partial charge in [-0.25, -0.2) is 4.79 Å². The van der Waals surface area contributed by atoms with Crippen molar-refractivity contribution in [2.75, 3.05) is 26.2 Å². The second-order valence-corrected chi connectivity index (χ2v) is 13.0. The van der Waals surface area contributed by atoms with Crippen molar-refractivity contribution in [3.63, 3.8) is 0 Å². The first kappa shape index (κ1) is 30.2. The van der Waals surface area contributed by atoms with Gasteiger partial charge in [-0.1, -0.05) is 44.5 Å². The summed E-state index contributed by atoms with van der Waals surface area (Å²) in [6, 6.07) is 6.85. The Morgan fingerprint density at radius 3 is 2.32 bits per heavy atom. The van der Waals surface area contributed by atoms with Gasteiger partial charge < -0.3 is 25.0 Å². The summed E-state index contributed by atoms with van der Waals surface area (Å²) in [5.41, 5.74) is -1.47. The minimum atomic E-state index is -1.08.